The quantitative estimate of drug-likeness (QED) is 0.367. The van der Waals surface area contributed by atoms with Crippen LogP contribution >= 0.6 is 15.9 Å². The smallest absolute Gasteiger partial charge is 0.336 e. The number of halogens is 1. The van der Waals surface area contributed by atoms with Gasteiger partial charge in [-0.2, -0.15) is 0 Å². The highest BCUT2D eigenvalue weighted by molar-refractivity contribution is 9.08. The first kappa shape index (κ1) is 10.8. The standard InChI is InChI=1S/C10H6BrNO4/c11-5-6-1-3-8-7(10(6)12(14)15)2-4-9(13)16-8/h1-4H,5H2. The lowest BCUT2D eigenvalue weighted by molar-refractivity contribution is -0.383. The van der Waals surface area contributed by atoms with E-state index < -0.39 is 10.5 Å². The number of hydrogen-bond donors (Lipinski definition) is 0. The molecule has 0 saturated heterocycles. The molecule has 0 radical (unpaired) electrons. The first-order valence-electron chi connectivity index (χ1n) is 4.39. The van der Waals surface area contributed by atoms with E-state index in [1.807, 2.05) is 0 Å². The minimum atomic E-state index is -0.520. The first-order chi connectivity index (χ1) is 7.63. The Morgan fingerprint density at radius 2 is 2.06 bits per heavy atom. The monoisotopic (exact) mass is 283 g/mol. The van der Waals surface area contributed by atoms with E-state index in [1.54, 1.807) is 12.1 Å². The molecule has 0 N–H and O–H groups in total. The molecule has 0 atom stereocenters. The largest absolute Gasteiger partial charge is 0.422 e. The minimum Gasteiger partial charge on any atom is -0.422 e. The summed E-state index contributed by atoms with van der Waals surface area (Å²) in [5.74, 6) is 0. The SMILES string of the molecule is O=c1ccc2c([N+](=O)[O-])c(CBr)ccc2o1. The van der Waals surface area contributed by atoms with Crippen LogP contribution in [0.5, 0.6) is 0 Å². The third-order valence-corrected chi connectivity index (χ3v) is 2.79. The van der Waals surface area contributed by atoms with E-state index in [0.717, 1.165) is 0 Å². The van der Waals surface area contributed by atoms with Crippen molar-refractivity contribution in [2.24, 2.45) is 0 Å². The van der Waals surface area contributed by atoms with Crippen molar-refractivity contribution in [3.05, 3.63) is 50.4 Å². The Morgan fingerprint density at radius 1 is 1.31 bits per heavy atom. The number of nitro benzene ring substituents is 1. The molecule has 1 aromatic carbocycles. The van der Waals surface area contributed by atoms with E-state index >= 15 is 0 Å². The molecule has 0 spiro atoms. The Kier molecular flexibility index (Phi) is 2.74. The van der Waals surface area contributed by atoms with Gasteiger partial charge in [-0.3, -0.25) is 10.1 Å². The number of hydrogen-bond acceptors (Lipinski definition) is 4. The molecule has 0 saturated carbocycles. The van der Waals surface area contributed by atoms with Crippen LogP contribution in [-0.2, 0) is 5.33 Å². The predicted octanol–water partition coefficient (Wildman–Crippen LogP) is 2.60. The highest BCUT2D eigenvalue weighted by Crippen LogP contribution is 2.29. The fourth-order valence-corrected chi connectivity index (χ4v) is 1.95. The van der Waals surface area contributed by atoms with Gasteiger partial charge in [0.2, 0.25) is 0 Å². The number of benzene rings is 1. The van der Waals surface area contributed by atoms with Gasteiger partial charge in [0.1, 0.15) is 5.58 Å². The van der Waals surface area contributed by atoms with Gasteiger partial charge in [0.25, 0.3) is 5.69 Å². The summed E-state index contributed by atoms with van der Waals surface area (Å²) in [6.07, 6.45) is 0. The van der Waals surface area contributed by atoms with E-state index in [0.29, 0.717) is 16.3 Å². The maximum Gasteiger partial charge on any atom is 0.336 e. The van der Waals surface area contributed by atoms with Crippen molar-refractivity contribution < 1.29 is 9.34 Å². The fourth-order valence-electron chi connectivity index (χ4n) is 1.50. The maximum absolute atomic E-state index is 11.0. The molecule has 2 aromatic rings. The van der Waals surface area contributed by atoms with Crippen LogP contribution in [0.1, 0.15) is 5.56 Å². The average molecular weight is 284 g/mol. The van der Waals surface area contributed by atoms with Crippen LogP contribution in [0.3, 0.4) is 0 Å². The Balaban J connectivity index is 2.89. The Bertz CT molecular complexity index is 620. The summed E-state index contributed by atoms with van der Waals surface area (Å²) in [7, 11) is 0. The molecule has 0 unspecified atom stereocenters. The number of fused-ring (bicyclic) bond motifs is 1. The predicted molar refractivity (Wildman–Crippen MR) is 61.8 cm³/mol. The molecule has 0 aliphatic carbocycles. The molecule has 1 aromatic heterocycles. The van der Waals surface area contributed by atoms with Crippen LogP contribution in [0, 0.1) is 10.1 Å². The highest BCUT2D eigenvalue weighted by atomic mass is 79.9. The average Bonchev–Trinajstić information content (AvgIpc) is 2.26. The van der Waals surface area contributed by atoms with E-state index in [4.69, 9.17) is 4.42 Å². The second kappa shape index (κ2) is 4.05. The summed E-state index contributed by atoms with van der Waals surface area (Å²) >= 11 is 3.18. The molecule has 82 valence electrons. The molecule has 5 nitrogen and oxygen atoms in total. The lowest BCUT2D eigenvalue weighted by atomic mass is 10.1. The number of rotatable bonds is 2. The summed E-state index contributed by atoms with van der Waals surface area (Å²) in [4.78, 5) is 21.4. The van der Waals surface area contributed by atoms with E-state index in [1.165, 1.54) is 12.1 Å². The summed E-state index contributed by atoms with van der Waals surface area (Å²) < 4.78 is 4.88. The lowest BCUT2D eigenvalue weighted by Gasteiger charge is -2.02. The molecule has 0 amide bonds. The van der Waals surface area contributed by atoms with Crippen molar-refractivity contribution in [2.75, 3.05) is 0 Å². The van der Waals surface area contributed by atoms with Crippen molar-refractivity contribution in [3.8, 4) is 0 Å². The van der Waals surface area contributed by atoms with Gasteiger partial charge in [-0.1, -0.05) is 15.9 Å². The van der Waals surface area contributed by atoms with Crippen LogP contribution in [0.25, 0.3) is 11.0 Å². The van der Waals surface area contributed by atoms with Crippen molar-refractivity contribution in [2.45, 2.75) is 5.33 Å². The van der Waals surface area contributed by atoms with Crippen LogP contribution in [0.4, 0.5) is 5.69 Å². The Hall–Kier alpha value is -1.69. The topological polar surface area (TPSA) is 73.3 Å². The molecule has 1 heterocycles. The van der Waals surface area contributed by atoms with Gasteiger partial charge in [-0.05, 0) is 18.2 Å². The first-order valence-corrected chi connectivity index (χ1v) is 5.51. The second-order valence-corrected chi connectivity index (χ2v) is 3.69. The van der Waals surface area contributed by atoms with Gasteiger partial charge >= 0.3 is 5.63 Å². The third kappa shape index (κ3) is 1.71. The summed E-state index contributed by atoms with van der Waals surface area (Å²) in [5, 5.41) is 11.7. The zero-order chi connectivity index (χ0) is 11.7. The minimum absolute atomic E-state index is 0.0295. The molecule has 6 heteroatoms. The number of nitrogens with zero attached hydrogens (tertiary/aromatic N) is 1. The number of alkyl halides is 1. The lowest BCUT2D eigenvalue weighted by Crippen LogP contribution is -1.99. The molecule has 16 heavy (non-hydrogen) atoms. The van der Waals surface area contributed by atoms with Gasteiger partial charge in [-0.15, -0.1) is 0 Å². The van der Waals surface area contributed by atoms with Gasteiger partial charge in [-0.25, -0.2) is 4.79 Å². The van der Waals surface area contributed by atoms with E-state index in [2.05, 4.69) is 15.9 Å². The van der Waals surface area contributed by atoms with E-state index in [-0.39, 0.29) is 11.3 Å². The zero-order valence-electron chi connectivity index (χ0n) is 7.97. The van der Waals surface area contributed by atoms with Crippen molar-refractivity contribution >= 4 is 32.6 Å². The summed E-state index contributed by atoms with van der Waals surface area (Å²) in [6.45, 7) is 0. The number of nitro groups is 1. The molecule has 2 rings (SSSR count). The van der Waals surface area contributed by atoms with Crippen LogP contribution in [0.15, 0.2) is 33.5 Å². The second-order valence-electron chi connectivity index (χ2n) is 3.13. The molecule has 0 aliphatic rings. The summed E-state index contributed by atoms with van der Waals surface area (Å²) in [6, 6.07) is 5.71. The Morgan fingerprint density at radius 3 is 2.69 bits per heavy atom. The molecular formula is C10H6BrNO4. The zero-order valence-corrected chi connectivity index (χ0v) is 9.56. The van der Waals surface area contributed by atoms with Crippen molar-refractivity contribution in [1.29, 1.82) is 0 Å². The van der Waals surface area contributed by atoms with Gasteiger partial charge in [0.05, 0.1) is 10.3 Å². The van der Waals surface area contributed by atoms with Gasteiger partial charge < -0.3 is 4.42 Å². The molecule has 0 bridgehead atoms. The van der Waals surface area contributed by atoms with Crippen LogP contribution in [-0.4, -0.2) is 4.92 Å². The van der Waals surface area contributed by atoms with Gasteiger partial charge in [0, 0.05) is 17.0 Å². The maximum atomic E-state index is 11.0. The third-order valence-electron chi connectivity index (χ3n) is 2.18. The highest BCUT2D eigenvalue weighted by Gasteiger charge is 2.18. The van der Waals surface area contributed by atoms with Crippen molar-refractivity contribution in [3.63, 3.8) is 0 Å². The van der Waals surface area contributed by atoms with Gasteiger partial charge in [0.15, 0.2) is 0 Å². The molecular weight excluding hydrogens is 278 g/mol. The summed E-state index contributed by atoms with van der Waals surface area (Å²) in [5.41, 5.74) is 0.224. The fraction of sp³-hybridized carbons (Fsp3) is 0.100. The molecule has 0 fully saturated rings. The molecule has 0 aliphatic heterocycles. The van der Waals surface area contributed by atoms with Crippen molar-refractivity contribution in [1.82, 2.24) is 0 Å². The van der Waals surface area contributed by atoms with E-state index in [9.17, 15) is 14.9 Å². The van der Waals surface area contributed by atoms with Crippen LogP contribution in [0.2, 0.25) is 0 Å². The Labute approximate surface area is 98.0 Å². The van der Waals surface area contributed by atoms with Crippen LogP contribution < -0.4 is 5.63 Å². The normalized spacial score (nSPS) is 10.6.